The third-order valence-corrected chi connectivity index (χ3v) is 6.85. The summed E-state index contributed by atoms with van der Waals surface area (Å²) < 4.78 is 18.6. The molecule has 2 aliphatic heterocycles. The van der Waals surface area contributed by atoms with Crippen LogP contribution in [0, 0.1) is 20.2 Å². The Kier molecular flexibility index (Phi) is 7.61. The quantitative estimate of drug-likeness (QED) is 0.323. The molecule has 2 saturated heterocycles. The Morgan fingerprint density at radius 1 is 0.921 bits per heavy atom. The van der Waals surface area contributed by atoms with Crippen LogP contribution in [-0.2, 0) is 20.8 Å². The molecule has 5 unspecified atom stereocenters. The summed E-state index contributed by atoms with van der Waals surface area (Å²) in [7, 11) is 0. The number of hydrogen-bond donors (Lipinski definition) is 2. The summed E-state index contributed by atoms with van der Waals surface area (Å²) in [5, 5.41) is 37.4. The van der Waals surface area contributed by atoms with E-state index in [9.17, 15) is 25.3 Å². The summed E-state index contributed by atoms with van der Waals surface area (Å²) in [6, 6.07) is 21.4. The van der Waals surface area contributed by atoms with E-state index in [0.717, 1.165) is 23.3 Å². The molecule has 11 nitrogen and oxygen atoms in total. The largest absolute Gasteiger partial charge is 0.388 e. The van der Waals surface area contributed by atoms with E-state index < -0.39 is 51.9 Å². The molecule has 0 aromatic heterocycles. The van der Waals surface area contributed by atoms with Crippen molar-refractivity contribution in [2.45, 2.75) is 56.2 Å². The van der Waals surface area contributed by atoms with Crippen molar-refractivity contribution in [3.8, 4) is 0 Å². The van der Waals surface area contributed by atoms with Crippen molar-refractivity contribution < 1.29 is 29.2 Å². The van der Waals surface area contributed by atoms with Gasteiger partial charge in [-0.25, -0.2) is 0 Å². The van der Waals surface area contributed by atoms with Crippen LogP contribution in [0.2, 0.25) is 0 Å². The summed E-state index contributed by atoms with van der Waals surface area (Å²) >= 11 is 0. The van der Waals surface area contributed by atoms with Crippen molar-refractivity contribution in [1.29, 1.82) is 0 Å². The second-order valence-corrected chi connectivity index (χ2v) is 9.29. The Hall–Kier alpha value is -3.90. The molecular formula is C27H27N3O8. The third-order valence-electron chi connectivity index (χ3n) is 6.85. The molecule has 5 rings (SSSR count). The van der Waals surface area contributed by atoms with Gasteiger partial charge in [0.2, 0.25) is 0 Å². The molecule has 0 amide bonds. The van der Waals surface area contributed by atoms with E-state index in [1.807, 2.05) is 60.7 Å². The zero-order chi connectivity index (χ0) is 26.6. The highest BCUT2D eigenvalue weighted by Gasteiger charge is 2.49. The number of ether oxygens (including phenoxy) is 3. The van der Waals surface area contributed by atoms with Crippen LogP contribution in [0.25, 0.3) is 0 Å². The lowest BCUT2D eigenvalue weighted by atomic mass is 9.88. The van der Waals surface area contributed by atoms with Gasteiger partial charge < -0.3 is 24.6 Å². The highest BCUT2D eigenvalue weighted by Crippen LogP contribution is 2.40. The van der Waals surface area contributed by atoms with Gasteiger partial charge in [0.15, 0.2) is 6.29 Å². The molecule has 6 atom stereocenters. The maximum atomic E-state index is 11.7. The molecule has 198 valence electrons. The standard InChI is InChI=1S/C27H27N3O8/c31-25-24(28-20-12-11-19(29(32)33)15-21(20)30(34)35)27(36-16-17-7-3-1-4-8-17)38-23-14-13-22(37-26(23)25)18-9-5-2-6-10-18/h1-12,15,22-28,31H,13-14,16H2/t22?,23?,24?,25?,26-,27?/m1/s1. The average molecular weight is 522 g/mol. The van der Waals surface area contributed by atoms with Gasteiger partial charge in [-0.05, 0) is 30.0 Å². The van der Waals surface area contributed by atoms with Crippen LogP contribution in [0.4, 0.5) is 17.1 Å². The Balaban J connectivity index is 1.42. The zero-order valence-electron chi connectivity index (χ0n) is 20.3. The molecule has 11 heteroatoms. The maximum Gasteiger partial charge on any atom is 0.299 e. The van der Waals surface area contributed by atoms with Crippen LogP contribution >= 0.6 is 0 Å². The zero-order valence-corrected chi connectivity index (χ0v) is 20.3. The molecule has 38 heavy (non-hydrogen) atoms. The topological polar surface area (TPSA) is 146 Å². The van der Waals surface area contributed by atoms with Gasteiger partial charge in [0.25, 0.3) is 11.4 Å². The monoisotopic (exact) mass is 521 g/mol. The molecule has 0 radical (unpaired) electrons. The maximum absolute atomic E-state index is 11.7. The van der Waals surface area contributed by atoms with Gasteiger partial charge in [-0.3, -0.25) is 20.2 Å². The Labute approximate surface area is 218 Å². The SMILES string of the molecule is O=[N+]([O-])c1ccc(NC2C(OCc3ccccc3)OC3CCC(c4ccccc4)O[C@H]3C2O)c([N+](=O)[O-])c1. The van der Waals surface area contributed by atoms with Crippen molar-refractivity contribution in [3.05, 3.63) is 110 Å². The van der Waals surface area contributed by atoms with E-state index in [0.29, 0.717) is 12.8 Å². The molecule has 2 aliphatic rings. The number of anilines is 1. The van der Waals surface area contributed by atoms with E-state index in [4.69, 9.17) is 14.2 Å². The molecule has 3 aromatic carbocycles. The smallest absolute Gasteiger partial charge is 0.299 e. The fourth-order valence-electron chi connectivity index (χ4n) is 4.94. The Bertz CT molecular complexity index is 1280. The Morgan fingerprint density at radius 2 is 1.63 bits per heavy atom. The Morgan fingerprint density at radius 3 is 2.32 bits per heavy atom. The van der Waals surface area contributed by atoms with Crippen molar-refractivity contribution in [1.82, 2.24) is 0 Å². The molecule has 3 aromatic rings. The second kappa shape index (κ2) is 11.2. The van der Waals surface area contributed by atoms with E-state index in [1.54, 1.807) is 0 Å². The fraction of sp³-hybridized carbons (Fsp3) is 0.333. The van der Waals surface area contributed by atoms with Crippen molar-refractivity contribution >= 4 is 17.1 Å². The number of rotatable bonds is 8. The summed E-state index contributed by atoms with van der Waals surface area (Å²) in [4.78, 5) is 21.5. The first-order valence-electron chi connectivity index (χ1n) is 12.3. The van der Waals surface area contributed by atoms with Gasteiger partial charge in [-0.1, -0.05) is 60.7 Å². The van der Waals surface area contributed by atoms with Crippen LogP contribution in [-0.4, -0.2) is 45.6 Å². The predicted molar refractivity (Wildman–Crippen MR) is 136 cm³/mol. The van der Waals surface area contributed by atoms with Crippen LogP contribution in [0.15, 0.2) is 78.9 Å². The number of nitro groups is 2. The number of aliphatic hydroxyl groups excluding tert-OH is 1. The number of nitrogens with zero attached hydrogens (tertiary/aromatic N) is 2. The molecule has 0 aliphatic carbocycles. The van der Waals surface area contributed by atoms with Gasteiger partial charge in [0, 0.05) is 6.07 Å². The number of aliphatic hydroxyl groups is 1. The summed E-state index contributed by atoms with van der Waals surface area (Å²) in [5.74, 6) is 0. The van der Waals surface area contributed by atoms with E-state index in [2.05, 4.69) is 5.32 Å². The highest BCUT2D eigenvalue weighted by molar-refractivity contribution is 5.66. The number of nitro benzene ring substituents is 2. The van der Waals surface area contributed by atoms with E-state index >= 15 is 0 Å². The highest BCUT2D eigenvalue weighted by atomic mass is 16.7. The van der Waals surface area contributed by atoms with Gasteiger partial charge in [0.05, 0.1) is 34.7 Å². The first-order valence-corrected chi connectivity index (χ1v) is 12.3. The van der Waals surface area contributed by atoms with Crippen molar-refractivity contribution in [2.24, 2.45) is 0 Å². The van der Waals surface area contributed by atoms with E-state index in [-0.39, 0.29) is 18.4 Å². The van der Waals surface area contributed by atoms with Gasteiger partial charge >= 0.3 is 0 Å². The average Bonchev–Trinajstić information content (AvgIpc) is 2.94. The molecule has 2 heterocycles. The van der Waals surface area contributed by atoms with Crippen molar-refractivity contribution in [3.63, 3.8) is 0 Å². The van der Waals surface area contributed by atoms with Crippen LogP contribution in [0.1, 0.15) is 30.1 Å². The lowest BCUT2D eigenvalue weighted by Crippen LogP contribution is -2.62. The number of non-ortho nitro benzene ring substituents is 1. The molecule has 0 bridgehead atoms. The van der Waals surface area contributed by atoms with E-state index in [1.165, 1.54) is 6.07 Å². The van der Waals surface area contributed by atoms with Gasteiger partial charge in [-0.15, -0.1) is 0 Å². The lowest BCUT2D eigenvalue weighted by Gasteiger charge is -2.48. The molecule has 2 N–H and O–H groups in total. The summed E-state index contributed by atoms with van der Waals surface area (Å²) in [5.41, 5.74) is 0.950. The number of nitrogens with one attached hydrogen (secondary N) is 1. The molecule has 0 saturated carbocycles. The van der Waals surface area contributed by atoms with Gasteiger partial charge in [-0.2, -0.15) is 0 Å². The minimum Gasteiger partial charge on any atom is -0.388 e. The van der Waals surface area contributed by atoms with Crippen LogP contribution in [0.3, 0.4) is 0 Å². The normalized spacial score (nSPS) is 26.8. The molecule has 2 fully saturated rings. The third kappa shape index (κ3) is 5.50. The minimum absolute atomic E-state index is 0.00423. The molecular weight excluding hydrogens is 494 g/mol. The summed E-state index contributed by atoms with van der Waals surface area (Å²) in [6.07, 6.45) is -2.23. The minimum atomic E-state index is -1.16. The number of hydrogen-bond acceptors (Lipinski definition) is 9. The van der Waals surface area contributed by atoms with Crippen molar-refractivity contribution in [2.75, 3.05) is 5.32 Å². The number of fused-ring (bicyclic) bond motifs is 1. The first kappa shape index (κ1) is 25.7. The number of benzene rings is 3. The summed E-state index contributed by atoms with van der Waals surface area (Å²) in [6.45, 7) is 0.184. The van der Waals surface area contributed by atoms with Crippen LogP contribution in [0.5, 0.6) is 0 Å². The second-order valence-electron chi connectivity index (χ2n) is 9.29. The predicted octanol–water partition coefficient (Wildman–Crippen LogP) is 4.51. The molecule has 0 spiro atoms. The fourth-order valence-corrected chi connectivity index (χ4v) is 4.94. The van der Waals surface area contributed by atoms with Gasteiger partial charge in [0.1, 0.15) is 23.9 Å². The lowest BCUT2D eigenvalue weighted by molar-refractivity contribution is -0.393. The van der Waals surface area contributed by atoms with Crippen LogP contribution < -0.4 is 5.32 Å². The first-order chi connectivity index (χ1) is 18.4.